The average Bonchev–Trinajstić information content (AvgIpc) is 2.84. The van der Waals surface area contributed by atoms with Gasteiger partial charge in [0, 0.05) is 17.2 Å². The number of halogens is 1. The van der Waals surface area contributed by atoms with E-state index in [-0.39, 0.29) is 10.8 Å². The fourth-order valence-corrected chi connectivity index (χ4v) is 3.00. The number of nitrogens with zero attached hydrogens (tertiary/aromatic N) is 2. The van der Waals surface area contributed by atoms with Crippen molar-refractivity contribution in [3.8, 4) is 0 Å². The minimum Gasteiger partial charge on any atom is -0.351 e. The van der Waals surface area contributed by atoms with Gasteiger partial charge in [0.1, 0.15) is 4.88 Å². The lowest BCUT2D eigenvalue weighted by atomic mass is 10.1. The van der Waals surface area contributed by atoms with Crippen LogP contribution in [0.15, 0.2) is 29.2 Å². The molecule has 2 rings (SSSR count). The van der Waals surface area contributed by atoms with Crippen LogP contribution in [0.25, 0.3) is 0 Å². The molecule has 21 heavy (non-hydrogen) atoms. The fraction of sp³-hybridized carbons (Fsp3) is 0.250. The summed E-state index contributed by atoms with van der Waals surface area (Å²) in [7, 11) is 1.54. The van der Waals surface area contributed by atoms with Crippen molar-refractivity contribution in [1.29, 1.82) is 0 Å². The van der Waals surface area contributed by atoms with E-state index in [1.54, 1.807) is 19.1 Å². The number of rotatable bonds is 5. The molecule has 0 bridgehead atoms. The number of benzene rings is 1. The number of amides is 1. The summed E-state index contributed by atoms with van der Waals surface area (Å²) in [5, 5.41) is 6.54. The molecule has 2 aromatic rings. The Morgan fingerprint density at radius 2 is 2.00 bits per heavy atom. The lowest BCUT2D eigenvalue weighted by Crippen LogP contribution is -2.25. The second kappa shape index (κ2) is 6.50. The van der Waals surface area contributed by atoms with Crippen LogP contribution in [0.3, 0.4) is 0 Å². The van der Waals surface area contributed by atoms with Crippen LogP contribution in [0, 0.1) is 6.92 Å². The van der Waals surface area contributed by atoms with Gasteiger partial charge in [-0.3, -0.25) is 4.79 Å². The molecule has 0 aliphatic rings. The number of carbonyl (C=O) groups is 1. The molecule has 0 aliphatic carbocycles. The molecule has 1 aromatic heterocycles. The molecule has 1 N–H and O–H groups in total. The summed E-state index contributed by atoms with van der Waals surface area (Å²) < 4.78 is 25.9. The predicted octanol–water partition coefficient (Wildman–Crippen LogP) is 1.75. The van der Waals surface area contributed by atoms with E-state index in [0.29, 0.717) is 23.5 Å². The highest BCUT2D eigenvalue weighted by Crippen LogP contribution is 2.15. The van der Waals surface area contributed by atoms with Gasteiger partial charge in [-0.25, -0.2) is 8.42 Å². The minimum absolute atomic E-state index is 0.0586. The van der Waals surface area contributed by atoms with Gasteiger partial charge in [-0.2, -0.15) is 0 Å². The highest BCUT2D eigenvalue weighted by Gasteiger charge is 2.12. The van der Waals surface area contributed by atoms with E-state index in [1.807, 2.05) is 0 Å². The summed E-state index contributed by atoms with van der Waals surface area (Å²) in [5.74, 6) is -0.206. The molecular formula is C12H12ClN3O3S2. The van der Waals surface area contributed by atoms with E-state index in [4.69, 9.17) is 10.7 Å². The minimum atomic E-state index is -3.70. The normalized spacial score (nSPS) is 11.3. The van der Waals surface area contributed by atoms with E-state index in [0.717, 1.165) is 17.1 Å². The highest BCUT2D eigenvalue weighted by atomic mass is 35.7. The number of nitrogens with one attached hydrogen (secondary N) is 1. The van der Waals surface area contributed by atoms with Crippen LogP contribution in [0.2, 0.25) is 0 Å². The predicted molar refractivity (Wildman–Crippen MR) is 80.2 cm³/mol. The number of hydrogen-bond acceptors (Lipinski definition) is 6. The Kier molecular flexibility index (Phi) is 4.92. The molecule has 9 heteroatoms. The first kappa shape index (κ1) is 15.9. The van der Waals surface area contributed by atoms with Crippen molar-refractivity contribution >= 4 is 37.2 Å². The van der Waals surface area contributed by atoms with Gasteiger partial charge in [0.2, 0.25) is 0 Å². The molecule has 1 heterocycles. The first-order chi connectivity index (χ1) is 9.88. The third-order valence-electron chi connectivity index (χ3n) is 2.76. The summed E-state index contributed by atoms with van der Waals surface area (Å²) in [6, 6.07) is 6.22. The average molecular weight is 346 g/mol. The van der Waals surface area contributed by atoms with Crippen LogP contribution in [-0.2, 0) is 15.5 Å². The smallest absolute Gasteiger partial charge is 0.264 e. The van der Waals surface area contributed by atoms with E-state index in [2.05, 4.69) is 14.9 Å². The molecule has 112 valence electrons. The van der Waals surface area contributed by atoms with Crippen molar-refractivity contribution in [2.75, 3.05) is 6.54 Å². The van der Waals surface area contributed by atoms with Gasteiger partial charge in [-0.05, 0) is 42.6 Å². The van der Waals surface area contributed by atoms with E-state index in [1.165, 1.54) is 12.1 Å². The number of carbonyl (C=O) groups excluding carboxylic acids is 1. The molecule has 1 amide bonds. The number of aryl methyl sites for hydroxylation is 1. The van der Waals surface area contributed by atoms with Gasteiger partial charge in [0.25, 0.3) is 15.0 Å². The summed E-state index contributed by atoms with van der Waals surface area (Å²) in [6.45, 7) is 2.16. The van der Waals surface area contributed by atoms with E-state index < -0.39 is 9.05 Å². The Hall–Kier alpha value is -1.51. The van der Waals surface area contributed by atoms with Gasteiger partial charge in [-0.15, -0.1) is 5.10 Å². The maximum absolute atomic E-state index is 11.8. The first-order valence-corrected chi connectivity index (χ1v) is 9.07. The zero-order valence-electron chi connectivity index (χ0n) is 11.0. The van der Waals surface area contributed by atoms with Crippen molar-refractivity contribution < 1.29 is 13.2 Å². The molecule has 0 unspecified atom stereocenters. The zero-order valence-corrected chi connectivity index (χ0v) is 13.4. The van der Waals surface area contributed by atoms with Gasteiger partial charge in [-0.1, -0.05) is 16.6 Å². The molecule has 6 nitrogen and oxygen atoms in total. The van der Waals surface area contributed by atoms with Crippen molar-refractivity contribution in [1.82, 2.24) is 14.9 Å². The van der Waals surface area contributed by atoms with Gasteiger partial charge in [0.15, 0.2) is 0 Å². The molecule has 0 fully saturated rings. The SMILES string of the molecule is Cc1nnsc1C(=O)NCCc1ccc(S(=O)(=O)Cl)cc1. The Morgan fingerprint density at radius 3 is 2.52 bits per heavy atom. The van der Waals surface area contributed by atoms with Crippen LogP contribution in [0.5, 0.6) is 0 Å². The second-order valence-corrected chi connectivity index (χ2v) is 7.60. The molecule has 0 spiro atoms. The number of hydrogen-bond donors (Lipinski definition) is 1. The van der Waals surface area contributed by atoms with Gasteiger partial charge >= 0.3 is 0 Å². The molecule has 0 aliphatic heterocycles. The quantitative estimate of drug-likeness (QED) is 0.834. The topological polar surface area (TPSA) is 89.0 Å². The van der Waals surface area contributed by atoms with E-state index in [9.17, 15) is 13.2 Å². The van der Waals surface area contributed by atoms with Crippen LogP contribution in [0.4, 0.5) is 0 Å². The van der Waals surface area contributed by atoms with E-state index >= 15 is 0 Å². The van der Waals surface area contributed by atoms with Gasteiger partial charge in [0.05, 0.1) is 10.6 Å². The summed E-state index contributed by atoms with van der Waals surface area (Å²) >= 11 is 1.05. The maximum atomic E-state index is 11.8. The standard InChI is InChI=1S/C12H12ClN3O3S2/c1-8-11(20-16-15-8)12(17)14-7-6-9-2-4-10(5-3-9)21(13,18)19/h2-5H,6-7H2,1H3,(H,14,17). The third kappa shape index (κ3) is 4.23. The fourth-order valence-electron chi connectivity index (χ4n) is 1.66. The molecule has 0 atom stereocenters. The highest BCUT2D eigenvalue weighted by molar-refractivity contribution is 8.13. The van der Waals surface area contributed by atoms with Crippen LogP contribution in [0.1, 0.15) is 20.9 Å². The Bertz CT molecular complexity index is 741. The zero-order chi connectivity index (χ0) is 15.5. The third-order valence-corrected chi connectivity index (χ3v) is 4.96. The second-order valence-electron chi connectivity index (χ2n) is 4.28. The lowest BCUT2D eigenvalue weighted by Gasteiger charge is -2.04. The van der Waals surface area contributed by atoms with Gasteiger partial charge < -0.3 is 5.32 Å². The molecule has 0 saturated carbocycles. The Morgan fingerprint density at radius 1 is 1.33 bits per heavy atom. The monoisotopic (exact) mass is 345 g/mol. The molecule has 0 saturated heterocycles. The summed E-state index contributed by atoms with van der Waals surface area (Å²) in [5.41, 5.74) is 1.51. The van der Waals surface area contributed by atoms with Crippen molar-refractivity contribution in [2.24, 2.45) is 0 Å². The van der Waals surface area contributed by atoms with Crippen molar-refractivity contribution in [2.45, 2.75) is 18.2 Å². The van der Waals surface area contributed by atoms with Crippen LogP contribution >= 0.6 is 22.2 Å². The summed E-state index contributed by atoms with van der Waals surface area (Å²) in [4.78, 5) is 12.4. The van der Waals surface area contributed by atoms with Crippen molar-refractivity contribution in [3.05, 3.63) is 40.4 Å². The Balaban J connectivity index is 1.89. The summed E-state index contributed by atoms with van der Waals surface area (Å²) in [6.07, 6.45) is 0.583. The van der Waals surface area contributed by atoms with Crippen LogP contribution < -0.4 is 5.32 Å². The lowest BCUT2D eigenvalue weighted by molar-refractivity contribution is 0.0957. The number of aromatic nitrogens is 2. The first-order valence-electron chi connectivity index (χ1n) is 5.98. The van der Waals surface area contributed by atoms with Crippen molar-refractivity contribution in [3.63, 3.8) is 0 Å². The maximum Gasteiger partial charge on any atom is 0.264 e. The molecule has 0 radical (unpaired) electrons. The van der Waals surface area contributed by atoms with Crippen LogP contribution in [-0.4, -0.2) is 30.5 Å². The largest absolute Gasteiger partial charge is 0.351 e. The molecular weight excluding hydrogens is 334 g/mol. The Labute approximate surface area is 130 Å². The molecule has 1 aromatic carbocycles.